The number of nitrogens with one attached hydrogen (secondary N) is 1. The number of amides is 1. The quantitative estimate of drug-likeness (QED) is 0.616. The largest absolute Gasteiger partial charge is 0.358 e. The Labute approximate surface area is 85.9 Å². The van der Waals surface area contributed by atoms with E-state index in [9.17, 15) is 4.79 Å². The number of hydrogen-bond acceptors (Lipinski definition) is 3. The molecule has 0 aromatic carbocycles. The number of thioether (sulfide) groups is 1. The molecule has 13 heavy (non-hydrogen) atoms. The minimum Gasteiger partial charge on any atom is -0.358 e. The zero-order valence-electron chi connectivity index (χ0n) is 7.08. The van der Waals surface area contributed by atoms with Gasteiger partial charge in [-0.25, -0.2) is 4.98 Å². The van der Waals surface area contributed by atoms with Gasteiger partial charge in [0.15, 0.2) is 0 Å². The number of aromatic nitrogens is 1. The monoisotopic (exact) mass is 216 g/mol. The third-order valence-electron chi connectivity index (χ3n) is 1.35. The Morgan fingerprint density at radius 1 is 1.77 bits per heavy atom. The van der Waals surface area contributed by atoms with Gasteiger partial charge in [0.2, 0.25) is 5.91 Å². The van der Waals surface area contributed by atoms with Crippen LogP contribution in [-0.2, 0) is 4.79 Å². The SMILES string of the molecule is CNC(=O)CSc1ccnc(Cl)c1. The summed E-state index contributed by atoms with van der Waals surface area (Å²) in [5, 5.41) is 2.99. The highest BCUT2D eigenvalue weighted by molar-refractivity contribution is 8.00. The molecule has 1 heterocycles. The predicted molar refractivity (Wildman–Crippen MR) is 54.0 cm³/mol. The van der Waals surface area contributed by atoms with Crippen LogP contribution in [0.25, 0.3) is 0 Å². The number of carbonyl (C=O) groups excluding carboxylic acids is 1. The fourth-order valence-electron chi connectivity index (χ4n) is 0.696. The number of rotatable bonds is 3. The molecule has 5 heteroatoms. The van der Waals surface area contributed by atoms with E-state index in [0.717, 1.165) is 4.90 Å². The summed E-state index contributed by atoms with van der Waals surface area (Å²) in [7, 11) is 1.61. The second-order valence-electron chi connectivity index (χ2n) is 2.28. The van der Waals surface area contributed by atoms with E-state index < -0.39 is 0 Å². The molecule has 0 spiro atoms. The second kappa shape index (κ2) is 5.09. The first-order chi connectivity index (χ1) is 6.22. The molecule has 0 aliphatic carbocycles. The lowest BCUT2D eigenvalue weighted by Crippen LogP contribution is -2.19. The molecular weight excluding hydrogens is 208 g/mol. The van der Waals surface area contributed by atoms with Crippen LogP contribution >= 0.6 is 23.4 Å². The fourth-order valence-corrected chi connectivity index (χ4v) is 1.73. The summed E-state index contributed by atoms with van der Waals surface area (Å²) in [6.45, 7) is 0. The van der Waals surface area contributed by atoms with E-state index in [0.29, 0.717) is 10.9 Å². The summed E-state index contributed by atoms with van der Waals surface area (Å²) in [4.78, 5) is 15.7. The molecule has 0 saturated heterocycles. The molecule has 0 bridgehead atoms. The van der Waals surface area contributed by atoms with Gasteiger partial charge < -0.3 is 5.32 Å². The lowest BCUT2D eigenvalue weighted by Gasteiger charge is -2.00. The van der Waals surface area contributed by atoms with Crippen LogP contribution in [0.15, 0.2) is 23.2 Å². The van der Waals surface area contributed by atoms with Crippen molar-refractivity contribution in [3.63, 3.8) is 0 Å². The molecule has 0 atom stereocenters. The normalized spacial score (nSPS) is 9.69. The predicted octanol–water partition coefficient (Wildman–Crippen LogP) is 1.57. The number of halogens is 1. The molecule has 0 radical (unpaired) electrons. The van der Waals surface area contributed by atoms with Crippen molar-refractivity contribution in [2.24, 2.45) is 0 Å². The zero-order valence-corrected chi connectivity index (χ0v) is 8.65. The summed E-state index contributed by atoms with van der Waals surface area (Å²) in [5.74, 6) is 0.398. The highest BCUT2D eigenvalue weighted by atomic mass is 35.5. The minimum atomic E-state index is -0.00191. The molecular formula is C8H9ClN2OS. The molecule has 70 valence electrons. The van der Waals surface area contributed by atoms with E-state index >= 15 is 0 Å². The smallest absolute Gasteiger partial charge is 0.230 e. The Balaban J connectivity index is 2.50. The molecule has 1 aromatic rings. The van der Waals surface area contributed by atoms with Crippen molar-refractivity contribution in [1.82, 2.24) is 10.3 Å². The average Bonchev–Trinajstić information content (AvgIpc) is 2.14. The van der Waals surface area contributed by atoms with Gasteiger partial charge in [-0.2, -0.15) is 0 Å². The van der Waals surface area contributed by atoms with E-state index in [1.807, 2.05) is 6.07 Å². The summed E-state index contributed by atoms with van der Waals surface area (Å²) >= 11 is 7.10. The first-order valence-corrected chi connectivity index (χ1v) is 5.03. The molecule has 3 nitrogen and oxygen atoms in total. The summed E-state index contributed by atoms with van der Waals surface area (Å²) in [6.07, 6.45) is 1.62. The molecule has 1 N–H and O–H groups in total. The van der Waals surface area contributed by atoms with Crippen LogP contribution in [-0.4, -0.2) is 23.7 Å². The number of nitrogens with zero attached hydrogens (tertiary/aromatic N) is 1. The Hall–Kier alpha value is -0.740. The zero-order chi connectivity index (χ0) is 9.68. The van der Waals surface area contributed by atoms with Crippen molar-refractivity contribution in [1.29, 1.82) is 0 Å². The highest BCUT2D eigenvalue weighted by Gasteiger charge is 2.00. The van der Waals surface area contributed by atoms with Gasteiger partial charge in [0.05, 0.1) is 5.75 Å². The van der Waals surface area contributed by atoms with E-state index in [-0.39, 0.29) is 5.91 Å². The van der Waals surface area contributed by atoms with Crippen molar-refractivity contribution in [3.8, 4) is 0 Å². The average molecular weight is 217 g/mol. The first kappa shape index (κ1) is 10.3. The van der Waals surface area contributed by atoms with Gasteiger partial charge in [0.25, 0.3) is 0 Å². The summed E-state index contributed by atoms with van der Waals surface area (Å²) < 4.78 is 0. The molecule has 0 saturated carbocycles. The third kappa shape index (κ3) is 3.65. The first-order valence-electron chi connectivity index (χ1n) is 3.67. The van der Waals surface area contributed by atoms with Crippen LogP contribution < -0.4 is 5.32 Å². The van der Waals surface area contributed by atoms with Crippen LogP contribution in [0.4, 0.5) is 0 Å². The minimum absolute atomic E-state index is 0.00191. The van der Waals surface area contributed by atoms with Crippen LogP contribution in [0.3, 0.4) is 0 Å². The van der Waals surface area contributed by atoms with Gasteiger partial charge in [-0.1, -0.05) is 11.6 Å². The van der Waals surface area contributed by atoms with E-state index in [1.54, 1.807) is 19.3 Å². The van der Waals surface area contributed by atoms with E-state index in [1.165, 1.54) is 11.8 Å². The maximum Gasteiger partial charge on any atom is 0.230 e. The lowest BCUT2D eigenvalue weighted by molar-refractivity contribution is -0.118. The van der Waals surface area contributed by atoms with Crippen molar-refractivity contribution in [3.05, 3.63) is 23.5 Å². The van der Waals surface area contributed by atoms with E-state index in [2.05, 4.69) is 10.3 Å². The Kier molecular flexibility index (Phi) is 4.05. The number of hydrogen-bond donors (Lipinski definition) is 1. The number of carbonyl (C=O) groups is 1. The molecule has 0 aliphatic rings. The van der Waals surface area contributed by atoms with Gasteiger partial charge in [-0.3, -0.25) is 4.79 Å². The van der Waals surface area contributed by atoms with Gasteiger partial charge in [0, 0.05) is 18.1 Å². The van der Waals surface area contributed by atoms with Crippen molar-refractivity contribution < 1.29 is 4.79 Å². The van der Waals surface area contributed by atoms with Gasteiger partial charge in [-0.05, 0) is 12.1 Å². The van der Waals surface area contributed by atoms with Gasteiger partial charge >= 0.3 is 0 Å². The lowest BCUT2D eigenvalue weighted by atomic mass is 10.5. The molecule has 1 aromatic heterocycles. The molecule has 0 aliphatic heterocycles. The second-order valence-corrected chi connectivity index (χ2v) is 3.71. The van der Waals surface area contributed by atoms with E-state index in [4.69, 9.17) is 11.6 Å². The van der Waals surface area contributed by atoms with Crippen LogP contribution in [0.1, 0.15) is 0 Å². The van der Waals surface area contributed by atoms with Gasteiger partial charge in [0.1, 0.15) is 5.15 Å². The summed E-state index contributed by atoms with van der Waals surface area (Å²) in [5.41, 5.74) is 0. The van der Waals surface area contributed by atoms with Crippen molar-refractivity contribution in [2.75, 3.05) is 12.8 Å². The fraction of sp³-hybridized carbons (Fsp3) is 0.250. The topological polar surface area (TPSA) is 42.0 Å². The van der Waals surface area contributed by atoms with Crippen molar-refractivity contribution in [2.45, 2.75) is 4.90 Å². The molecule has 0 fully saturated rings. The molecule has 0 unspecified atom stereocenters. The standard InChI is InChI=1S/C8H9ClN2OS/c1-10-8(12)5-13-6-2-3-11-7(9)4-6/h2-4H,5H2,1H3,(H,10,12). The number of pyridine rings is 1. The van der Waals surface area contributed by atoms with Gasteiger partial charge in [-0.15, -0.1) is 11.8 Å². The molecule has 1 rings (SSSR count). The van der Waals surface area contributed by atoms with Crippen LogP contribution in [0, 0.1) is 0 Å². The third-order valence-corrected chi connectivity index (χ3v) is 2.55. The van der Waals surface area contributed by atoms with Crippen molar-refractivity contribution >= 4 is 29.3 Å². The Morgan fingerprint density at radius 2 is 2.54 bits per heavy atom. The Bertz CT molecular complexity index is 306. The molecule has 1 amide bonds. The van der Waals surface area contributed by atoms with Crippen LogP contribution in [0.2, 0.25) is 5.15 Å². The summed E-state index contributed by atoms with van der Waals surface area (Å²) in [6, 6.07) is 3.55. The maximum absolute atomic E-state index is 10.9. The van der Waals surface area contributed by atoms with Crippen LogP contribution in [0.5, 0.6) is 0 Å². The Morgan fingerprint density at radius 3 is 3.15 bits per heavy atom. The highest BCUT2D eigenvalue weighted by Crippen LogP contribution is 2.19. The maximum atomic E-state index is 10.9.